The normalized spacial score (nSPS) is 27.5. The number of phenolic OH excluding ortho intramolecular Hbond substituents is 1. The molecule has 3 rings (SSSR count). The van der Waals surface area contributed by atoms with Crippen molar-refractivity contribution in [3.05, 3.63) is 23.8 Å². The molecule has 92 valence electrons. The first kappa shape index (κ1) is 10.9. The monoisotopic (exact) mass is 232 g/mol. The number of hydrogen-bond donors (Lipinski definition) is 2. The molecule has 3 N–H and O–H groups in total. The van der Waals surface area contributed by atoms with Gasteiger partial charge in [0, 0.05) is 18.6 Å². The zero-order chi connectivity index (χ0) is 11.8. The smallest absolute Gasteiger partial charge is 0.139 e. The van der Waals surface area contributed by atoms with Gasteiger partial charge in [0.2, 0.25) is 0 Å². The summed E-state index contributed by atoms with van der Waals surface area (Å²) in [5.74, 6) is 0.424. The molecule has 0 radical (unpaired) electrons. The molecule has 1 aromatic carbocycles. The van der Waals surface area contributed by atoms with Crippen LogP contribution in [0.4, 0.5) is 5.69 Å². The number of nitrogens with two attached hydrogens (primary N) is 1. The summed E-state index contributed by atoms with van der Waals surface area (Å²) in [4.78, 5) is 2.40. The van der Waals surface area contributed by atoms with Crippen molar-refractivity contribution in [1.29, 1.82) is 0 Å². The topological polar surface area (TPSA) is 49.5 Å². The second kappa shape index (κ2) is 4.22. The zero-order valence-electron chi connectivity index (χ0n) is 10.1. The number of benzene rings is 1. The molecule has 1 fully saturated rings. The standard InChI is InChI=1S/C14H20N2O/c15-9-12-5-2-4-11-8-7-10-3-1-6-13(17)14(10)16(11)12/h1,3,6,11-12,17H,2,4-5,7-9,15H2. The third-order valence-corrected chi connectivity index (χ3v) is 4.24. The summed E-state index contributed by atoms with van der Waals surface area (Å²) < 4.78 is 0. The molecule has 1 saturated heterocycles. The molecule has 2 aliphatic rings. The predicted molar refractivity (Wildman–Crippen MR) is 69.4 cm³/mol. The van der Waals surface area contributed by atoms with E-state index in [0.717, 1.165) is 18.5 Å². The molecule has 3 nitrogen and oxygen atoms in total. The minimum Gasteiger partial charge on any atom is -0.506 e. The van der Waals surface area contributed by atoms with Gasteiger partial charge in [0.25, 0.3) is 0 Å². The molecule has 3 heteroatoms. The number of para-hydroxylation sites is 1. The molecule has 0 spiro atoms. The van der Waals surface area contributed by atoms with Gasteiger partial charge in [0.1, 0.15) is 5.75 Å². The number of aryl methyl sites for hydroxylation is 1. The summed E-state index contributed by atoms with van der Waals surface area (Å²) in [5, 5.41) is 10.1. The van der Waals surface area contributed by atoms with Gasteiger partial charge in [0.15, 0.2) is 0 Å². The van der Waals surface area contributed by atoms with Crippen molar-refractivity contribution in [1.82, 2.24) is 0 Å². The molecule has 0 saturated carbocycles. The third-order valence-electron chi connectivity index (χ3n) is 4.24. The van der Waals surface area contributed by atoms with E-state index in [4.69, 9.17) is 5.73 Å². The number of piperidine rings is 1. The summed E-state index contributed by atoms with van der Waals surface area (Å²) in [7, 11) is 0. The first-order valence-corrected chi connectivity index (χ1v) is 6.60. The van der Waals surface area contributed by atoms with E-state index < -0.39 is 0 Å². The number of hydrogen-bond acceptors (Lipinski definition) is 3. The Hall–Kier alpha value is -1.22. The fourth-order valence-electron chi connectivity index (χ4n) is 3.45. The average molecular weight is 232 g/mol. The fourth-order valence-corrected chi connectivity index (χ4v) is 3.45. The lowest BCUT2D eigenvalue weighted by Crippen LogP contribution is -2.52. The van der Waals surface area contributed by atoms with Gasteiger partial charge in [-0.25, -0.2) is 0 Å². The summed E-state index contributed by atoms with van der Waals surface area (Å²) in [6.45, 7) is 0.685. The number of nitrogens with zero attached hydrogens (tertiary/aromatic N) is 1. The maximum atomic E-state index is 10.1. The molecule has 0 aromatic heterocycles. The molecule has 0 bridgehead atoms. The molecule has 2 aliphatic heterocycles. The van der Waals surface area contributed by atoms with E-state index >= 15 is 0 Å². The average Bonchev–Trinajstić information content (AvgIpc) is 2.38. The van der Waals surface area contributed by atoms with Gasteiger partial charge >= 0.3 is 0 Å². The highest BCUT2D eigenvalue weighted by Gasteiger charge is 2.35. The fraction of sp³-hybridized carbons (Fsp3) is 0.571. The second-order valence-corrected chi connectivity index (χ2v) is 5.21. The van der Waals surface area contributed by atoms with Crippen LogP contribution in [-0.4, -0.2) is 23.7 Å². The zero-order valence-corrected chi connectivity index (χ0v) is 10.1. The SMILES string of the molecule is NCC1CCCC2CCc3cccc(O)c3N12. The van der Waals surface area contributed by atoms with Crippen LogP contribution in [0.3, 0.4) is 0 Å². The van der Waals surface area contributed by atoms with Crippen LogP contribution < -0.4 is 10.6 Å². The Morgan fingerprint density at radius 3 is 3.00 bits per heavy atom. The highest BCUT2D eigenvalue weighted by Crippen LogP contribution is 2.42. The Balaban J connectivity index is 2.06. The first-order valence-electron chi connectivity index (χ1n) is 6.60. The minimum absolute atomic E-state index is 0.404. The minimum atomic E-state index is 0.404. The predicted octanol–water partition coefficient (Wildman–Crippen LogP) is 2.02. The Labute approximate surface area is 102 Å². The van der Waals surface area contributed by atoms with Crippen molar-refractivity contribution < 1.29 is 5.11 Å². The van der Waals surface area contributed by atoms with Gasteiger partial charge in [-0.2, -0.15) is 0 Å². The highest BCUT2D eigenvalue weighted by molar-refractivity contribution is 5.66. The lowest BCUT2D eigenvalue weighted by molar-refractivity contribution is 0.352. The number of fused-ring (bicyclic) bond motifs is 3. The molecular weight excluding hydrogens is 212 g/mol. The molecule has 0 aliphatic carbocycles. The molecule has 2 atom stereocenters. The van der Waals surface area contributed by atoms with Crippen molar-refractivity contribution in [3.8, 4) is 5.75 Å². The second-order valence-electron chi connectivity index (χ2n) is 5.21. The maximum Gasteiger partial charge on any atom is 0.139 e. The van der Waals surface area contributed by atoms with Crippen LogP contribution in [0.15, 0.2) is 18.2 Å². The third kappa shape index (κ3) is 1.69. The largest absolute Gasteiger partial charge is 0.506 e. The van der Waals surface area contributed by atoms with E-state index in [-0.39, 0.29) is 0 Å². The van der Waals surface area contributed by atoms with Crippen LogP contribution in [0.5, 0.6) is 5.75 Å². The van der Waals surface area contributed by atoms with Crippen LogP contribution in [0, 0.1) is 0 Å². The van der Waals surface area contributed by atoms with Gasteiger partial charge in [0.05, 0.1) is 5.69 Å². The lowest BCUT2D eigenvalue weighted by Gasteiger charge is -2.47. The van der Waals surface area contributed by atoms with E-state index in [9.17, 15) is 5.11 Å². The summed E-state index contributed by atoms with van der Waals surface area (Å²) in [5.41, 5.74) is 8.23. The molecule has 2 unspecified atom stereocenters. The molecule has 17 heavy (non-hydrogen) atoms. The van der Waals surface area contributed by atoms with Gasteiger partial charge in [-0.1, -0.05) is 12.1 Å². The van der Waals surface area contributed by atoms with Gasteiger partial charge in [-0.3, -0.25) is 0 Å². The van der Waals surface area contributed by atoms with Crippen LogP contribution in [0.1, 0.15) is 31.2 Å². The number of anilines is 1. The molecular formula is C14H20N2O. The highest BCUT2D eigenvalue weighted by atomic mass is 16.3. The van der Waals surface area contributed by atoms with E-state index in [0.29, 0.717) is 24.4 Å². The number of rotatable bonds is 1. The van der Waals surface area contributed by atoms with Crippen LogP contribution in [0.2, 0.25) is 0 Å². The molecule has 1 aromatic rings. The first-order chi connectivity index (χ1) is 8.31. The van der Waals surface area contributed by atoms with Crippen LogP contribution >= 0.6 is 0 Å². The van der Waals surface area contributed by atoms with Crippen molar-refractivity contribution in [2.24, 2.45) is 5.73 Å². The number of phenols is 1. The van der Waals surface area contributed by atoms with Gasteiger partial charge in [-0.05, 0) is 43.7 Å². The van der Waals surface area contributed by atoms with Gasteiger partial charge < -0.3 is 15.7 Å². The molecule has 2 heterocycles. The Morgan fingerprint density at radius 2 is 2.18 bits per heavy atom. The van der Waals surface area contributed by atoms with E-state index in [2.05, 4.69) is 11.0 Å². The van der Waals surface area contributed by atoms with E-state index in [1.165, 1.54) is 24.8 Å². The quantitative estimate of drug-likeness (QED) is 0.779. The van der Waals surface area contributed by atoms with Crippen molar-refractivity contribution in [2.75, 3.05) is 11.4 Å². The maximum absolute atomic E-state index is 10.1. The van der Waals surface area contributed by atoms with E-state index in [1.807, 2.05) is 6.07 Å². The summed E-state index contributed by atoms with van der Waals surface area (Å²) in [6, 6.07) is 6.85. The van der Waals surface area contributed by atoms with Gasteiger partial charge in [-0.15, -0.1) is 0 Å². The van der Waals surface area contributed by atoms with Crippen molar-refractivity contribution in [3.63, 3.8) is 0 Å². The molecule has 0 amide bonds. The van der Waals surface area contributed by atoms with E-state index in [1.54, 1.807) is 6.07 Å². The summed E-state index contributed by atoms with van der Waals surface area (Å²) >= 11 is 0. The Kier molecular flexibility index (Phi) is 2.71. The lowest BCUT2D eigenvalue weighted by atomic mass is 9.86. The van der Waals surface area contributed by atoms with Crippen molar-refractivity contribution in [2.45, 2.75) is 44.2 Å². The van der Waals surface area contributed by atoms with Crippen LogP contribution in [-0.2, 0) is 6.42 Å². The summed E-state index contributed by atoms with van der Waals surface area (Å²) in [6.07, 6.45) is 5.95. The van der Waals surface area contributed by atoms with Crippen molar-refractivity contribution >= 4 is 5.69 Å². The Bertz CT molecular complexity index is 419. The number of aromatic hydroxyl groups is 1. The van der Waals surface area contributed by atoms with Crippen LogP contribution in [0.25, 0.3) is 0 Å². The Morgan fingerprint density at radius 1 is 1.29 bits per heavy atom.